The lowest BCUT2D eigenvalue weighted by molar-refractivity contribution is -0.123. The third-order valence-electron chi connectivity index (χ3n) is 4.18. The molecule has 0 heterocycles. The van der Waals surface area contributed by atoms with Crippen LogP contribution in [0.3, 0.4) is 0 Å². The van der Waals surface area contributed by atoms with E-state index in [0.717, 1.165) is 12.0 Å². The minimum absolute atomic E-state index is 0.0330. The highest BCUT2D eigenvalue weighted by molar-refractivity contribution is 6.30. The maximum Gasteiger partial charge on any atom is 0.238 e. The number of amides is 2. The summed E-state index contributed by atoms with van der Waals surface area (Å²) in [5.74, 6) is -0.289. The monoisotopic (exact) mass is 387 g/mol. The Kier molecular flexibility index (Phi) is 7.82. The van der Waals surface area contributed by atoms with Gasteiger partial charge in [-0.1, -0.05) is 48.4 Å². The van der Waals surface area contributed by atoms with Crippen molar-refractivity contribution >= 4 is 29.1 Å². The van der Waals surface area contributed by atoms with Crippen LogP contribution in [-0.4, -0.2) is 36.9 Å². The largest absolute Gasteiger partial charge is 0.348 e. The van der Waals surface area contributed by atoms with Crippen LogP contribution in [-0.2, 0) is 9.59 Å². The van der Waals surface area contributed by atoms with Crippen LogP contribution in [0.2, 0.25) is 5.02 Å². The maximum absolute atomic E-state index is 12.3. The van der Waals surface area contributed by atoms with E-state index in [1.807, 2.05) is 38.1 Å². The number of rotatable bonds is 8. The van der Waals surface area contributed by atoms with E-state index in [0.29, 0.717) is 10.7 Å². The molecule has 2 amide bonds. The predicted molar refractivity (Wildman–Crippen MR) is 110 cm³/mol. The molecule has 1 atom stereocenters. The minimum Gasteiger partial charge on any atom is -0.348 e. The molecule has 2 N–H and O–H groups in total. The van der Waals surface area contributed by atoms with E-state index in [1.165, 1.54) is 5.56 Å². The summed E-state index contributed by atoms with van der Waals surface area (Å²) in [5, 5.41) is 6.43. The molecule has 0 fully saturated rings. The van der Waals surface area contributed by atoms with Gasteiger partial charge in [-0.25, -0.2) is 0 Å². The third-order valence-corrected chi connectivity index (χ3v) is 4.43. The molecule has 0 saturated carbocycles. The lowest BCUT2D eigenvalue weighted by Gasteiger charge is -2.21. The number of likely N-dealkylation sites (N-methyl/N-ethyl adjacent to an activating group) is 1. The van der Waals surface area contributed by atoms with Crippen LogP contribution >= 0.6 is 11.6 Å². The Bertz CT molecular complexity index is 760. The fourth-order valence-corrected chi connectivity index (χ4v) is 2.87. The SMILES string of the molecule is CC[C@@H](NC(=O)CN(C)CC(=O)Nc1ccc(Cl)cc1)c1ccc(C)cc1. The van der Waals surface area contributed by atoms with Crippen molar-refractivity contribution in [1.82, 2.24) is 10.2 Å². The van der Waals surface area contributed by atoms with Crippen molar-refractivity contribution in [1.29, 1.82) is 0 Å². The van der Waals surface area contributed by atoms with E-state index in [-0.39, 0.29) is 30.9 Å². The van der Waals surface area contributed by atoms with Gasteiger partial charge in [0.25, 0.3) is 0 Å². The van der Waals surface area contributed by atoms with E-state index in [9.17, 15) is 9.59 Å². The van der Waals surface area contributed by atoms with Crippen LogP contribution < -0.4 is 10.6 Å². The average molecular weight is 388 g/mol. The van der Waals surface area contributed by atoms with Crippen LogP contribution in [0.1, 0.15) is 30.5 Å². The molecule has 0 aromatic heterocycles. The van der Waals surface area contributed by atoms with Gasteiger partial charge in [-0.15, -0.1) is 0 Å². The van der Waals surface area contributed by atoms with E-state index >= 15 is 0 Å². The molecule has 27 heavy (non-hydrogen) atoms. The second-order valence-corrected chi connectivity index (χ2v) is 7.10. The molecular formula is C21H26ClN3O2. The highest BCUT2D eigenvalue weighted by Gasteiger charge is 2.15. The van der Waals surface area contributed by atoms with E-state index < -0.39 is 0 Å². The number of nitrogens with zero attached hydrogens (tertiary/aromatic N) is 1. The maximum atomic E-state index is 12.3. The summed E-state index contributed by atoms with van der Waals surface area (Å²) in [6.07, 6.45) is 0.801. The predicted octanol–water partition coefficient (Wildman–Crippen LogP) is 3.79. The first-order valence-corrected chi connectivity index (χ1v) is 9.35. The van der Waals surface area contributed by atoms with Gasteiger partial charge in [-0.3, -0.25) is 14.5 Å². The van der Waals surface area contributed by atoms with Crippen molar-refractivity contribution in [3.05, 3.63) is 64.7 Å². The molecule has 0 bridgehead atoms. The molecule has 0 radical (unpaired) electrons. The molecule has 0 aliphatic heterocycles. The molecule has 0 aliphatic carbocycles. The Morgan fingerprint density at radius 1 is 1.00 bits per heavy atom. The molecule has 144 valence electrons. The number of nitrogens with one attached hydrogen (secondary N) is 2. The zero-order chi connectivity index (χ0) is 19.8. The van der Waals surface area contributed by atoms with E-state index in [2.05, 4.69) is 10.6 Å². The number of aryl methyl sites for hydroxylation is 1. The van der Waals surface area contributed by atoms with E-state index in [1.54, 1.807) is 36.2 Å². The minimum atomic E-state index is -0.182. The Morgan fingerprint density at radius 2 is 1.59 bits per heavy atom. The molecule has 2 rings (SSSR count). The molecule has 0 unspecified atom stereocenters. The fraction of sp³-hybridized carbons (Fsp3) is 0.333. The summed E-state index contributed by atoms with van der Waals surface area (Å²) in [4.78, 5) is 26.1. The average Bonchev–Trinajstić information content (AvgIpc) is 2.62. The van der Waals surface area contributed by atoms with Crippen molar-refractivity contribution < 1.29 is 9.59 Å². The highest BCUT2D eigenvalue weighted by atomic mass is 35.5. The van der Waals surface area contributed by atoms with Gasteiger partial charge in [0.2, 0.25) is 11.8 Å². The zero-order valence-electron chi connectivity index (χ0n) is 16.0. The molecule has 6 heteroatoms. The lowest BCUT2D eigenvalue weighted by Crippen LogP contribution is -2.40. The van der Waals surface area contributed by atoms with Gasteiger partial charge in [0.15, 0.2) is 0 Å². The summed E-state index contributed by atoms with van der Waals surface area (Å²) in [5.41, 5.74) is 2.94. The van der Waals surface area contributed by atoms with Gasteiger partial charge in [-0.05, 0) is 50.2 Å². The number of benzene rings is 2. The number of hydrogen-bond donors (Lipinski definition) is 2. The topological polar surface area (TPSA) is 61.4 Å². The first-order valence-electron chi connectivity index (χ1n) is 8.97. The van der Waals surface area contributed by atoms with Crippen molar-refractivity contribution in [2.75, 3.05) is 25.5 Å². The summed E-state index contributed by atoms with van der Waals surface area (Å²) in [7, 11) is 1.74. The summed E-state index contributed by atoms with van der Waals surface area (Å²) in [6.45, 7) is 4.34. The van der Waals surface area contributed by atoms with Crippen molar-refractivity contribution in [3.8, 4) is 0 Å². The normalized spacial score (nSPS) is 11.9. The van der Waals surface area contributed by atoms with Crippen LogP contribution in [0.4, 0.5) is 5.69 Å². The second-order valence-electron chi connectivity index (χ2n) is 6.67. The number of anilines is 1. The summed E-state index contributed by atoms with van der Waals surface area (Å²) < 4.78 is 0. The van der Waals surface area contributed by atoms with Gasteiger partial charge in [-0.2, -0.15) is 0 Å². The van der Waals surface area contributed by atoms with Gasteiger partial charge in [0, 0.05) is 10.7 Å². The van der Waals surface area contributed by atoms with Gasteiger partial charge in [0.05, 0.1) is 19.1 Å². The Balaban J connectivity index is 1.82. The van der Waals surface area contributed by atoms with Crippen LogP contribution in [0.5, 0.6) is 0 Å². The second kappa shape index (κ2) is 10.1. The molecule has 0 spiro atoms. The fourth-order valence-electron chi connectivity index (χ4n) is 2.74. The van der Waals surface area contributed by atoms with Gasteiger partial charge >= 0.3 is 0 Å². The molecule has 2 aromatic carbocycles. The van der Waals surface area contributed by atoms with Crippen molar-refractivity contribution in [2.24, 2.45) is 0 Å². The number of carbonyl (C=O) groups is 2. The lowest BCUT2D eigenvalue weighted by atomic mass is 10.0. The number of hydrogen-bond acceptors (Lipinski definition) is 3. The molecule has 2 aromatic rings. The number of carbonyl (C=O) groups excluding carboxylic acids is 2. The Morgan fingerprint density at radius 3 is 2.19 bits per heavy atom. The van der Waals surface area contributed by atoms with Crippen molar-refractivity contribution in [2.45, 2.75) is 26.3 Å². The summed E-state index contributed by atoms with van der Waals surface area (Å²) >= 11 is 5.83. The first kappa shape index (κ1) is 20.9. The molecule has 0 aliphatic rings. The quantitative estimate of drug-likeness (QED) is 0.724. The third kappa shape index (κ3) is 7.04. The van der Waals surface area contributed by atoms with Gasteiger partial charge < -0.3 is 10.6 Å². The smallest absolute Gasteiger partial charge is 0.238 e. The molecule has 5 nitrogen and oxygen atoms in total. The van der Waals surface area contributed by atoms with E-state index in [4.69, 9.17) is 11.6 Å². The first-order chi connectivity index (χ1) is 12.9. The van der Waals surface area contributed by atoms with Crippen LogP contribution in [0.25, 0.3) is 0 Å². The number of halogens is 1. The summed E-state index contributed by atoms with van der Waals surface area (Å²) in [6, 6.07) is 15.0. The van der Waals surface area contributed by atoms with Crippen LogP contribution in [0.15, 0.2) is 48.5 Å². The van der Waals surface area contributed by atoms with Gasteiger partial charge in [0.1, 0.15) is 0 Å². The van der Waals surface area contributed by atoms with Crippen LogP contribution in [0, 0.1) is 6.92 Å². The van der Waals surface area contributed by atoms with Crippen molar-refractivity contribution in [3.63, 3.8) is 0 Å². The Hall–Kier alpha value is -2.37. The molecule has 0 saturated heterocycles. The zero-order valence-corrected chi connectivity index (χ0v) is 16.7. The standard InChI is InChI=1S/C21H26ClN3O2/c1-4-19(16-7-5-15(2)6-8-16)24-21(27)14-25(3)13-20(26)23-18-11-9-17(22)10-12-18/h5-12,19H,4,13-14H2,1-3H3,(H,23,26)(H,24,27)/t19-/m1/s1. The Labute approximate surface area is 165 Å². The molecular weight excluding hydrogens is 362 g/mol. The highest BCUT2D eigenvalue weighted by Crippen LogP contribution is 2.17.